The number of anilines is 1. The van der Waals surface area contributed by atoms with Gasteiger partial charge in [-0.1, -0.05) is 0 Å². The zero-order valence-corrected chi connectivity index (χ0v) is 12.7. The van der Waals surface area contributed by atoms with Gasteiger partial charge in [-0.2, -0.15) is 5.10 Å². The minimum Gasteiger partial charge on any atom is -0.457 e. The quantitative estimate of drug-likeness (QED) is 0.749. The molecule has 1 unspecified atom stereocenters. The molecule has 0 saturated carbocycles. The lowest BCUT2D eigenvalue weighted by Gasteiger charge is -2.07. The molecule has 2 heterocycles. The van der Waals surface area contributed by atoms with E-state index >= 15 is 0 Å². The van der Waals surface area contributed by atoms with Crippen LogP contribution in [0.5, 0.6) is 11.5 Å². The first kappa shape index (κ1) is 13.6. The Bertz CT molecular complexity index is 739. The minimum atomic E-state index is 0.734. The highest BCUT2D eigenvalue weighted by atomic mass is 31.0. The molecule has 0 amide bonds. The summed E-state index contributed by atoms with van der Waals surface area (Å²) < 4.78 is 7.59. The van der Waals surface area contributed by atoms with Gasteiger partial charge >= 0.3 is 0 Å². The molecule has 0 aliphatic heterocycles. The lowest BCUT2D eigenvalue weighted by molar-refractivity contribution is 0.482. The van der Waals surface area contributed by atoms with Crippen LogP contribution >= 0.6 is 9.39 Å². The van der Waals surface area contributed by atoms with Gasteiger partial charge in [-0.25, -0.2) is 0 Å². The van der Waals surface area contributed by atoms with Crippen molar-refractivity contribution in [3.05, 3.63) is 54.9 Å². The van der Waals surface area contributed by atoms with E-state index in [4.69, 9.17) is 4.74 Å². The van der Waals surface area contributed by atoms with Gasteiger partial charge in [0.25, 0.3) is 0 Å². The summed E-state index contributed by atoms with van der Waals surface area (Å²) in [6.07, 6.45) is 3.61. The molecule has 106 valence electrons. The van der Waals surface area contributed by atoms with Crippen LogP contribution < -0.4 is 9.82 Å². The average molecular weight is 298 g/mol. The fourth-order valence-corrected chi connectivity index (χ4v) is 2.11. The Hall–Kier alpha value is -2.39. The average Bonchev–Trinajstić information content (AvgIpc) is 2.95. The lowest BCUT2D eigenvalue weighted by atomic mass is 10.2. The molecule has 1 aromatic carbocycles. The largest absolute Gasteiger partial charge is 0.457 e. The van der Waals surface area contributed by atoms with Crippen molar-refractivity contribution in [2.45, 2.75) is 0 Å². The van der Waals surface area contributed by atoms with Crippen LogP contribution in [0, 0.1) is 0 Å². The second-order valence-corrected chi connectivity index (χ2v) is 4.81. The van der Waals surface area contributed by atoms with Crippen LogP contribution in [-0.4, -0.2) is 14.8 Å². The summed E-state index contributed by atoms with van der Waals surface area (Å²) in [6.45, 7) is 0. The van der Waals surface area contributed by atoms with Gasteiger partial charge in [-0.05, 0) is 45.8 Å². The minimum absolute atomic E-state index is 0.734. The highest BCUT2D eigenvalue weighted by Crippen LogP contribution is 2.26. The third kappa shape index (κ3) is 3.20. The van der Waals surface area contributed by atoms with Crippen LogP contribution in [0.1, 0.15) is 0 Å². The number of benzene rings is 1. The molecule has 0 radical (unpaired) electrons. The number of rotatable bonds is 4. The molecule has 0 spiro atoms. The van der Waals surface area contributed by atoms with Crippen LogP contribution in [-0.2, 0) is 7.05 Å². The molecule has 1 atom stereocenters. The van der Waals surface area contributed by atoms with Crippen LogP contribution in [0.25, 0.3) is 11.4 Å². The number of hydrogen-bond donors (Lipinski definition) is 1. The third-order valence-electron chi connectivity index (χ3n) is 2.96. The van der Waals surface area contributed by atoms with E-state index in [1.54, 1.807) is 10.9 Å². The maximum atomic E-state index is 5.84. The number of aryl methyl sites for hydroxylation is 1. The summed E-state index contributed by atoms with van der Waals surface area (Å²) in [4.78, 5) is 4.32. The Morgan fingerprint density at radius 2 is 1.86 bits per heavy atom. The highest BCUT2D eigenvalue weighted by molar-refractivity contribution is 7.18. The van der Waals surface area contributed by atoms with Crippen LogP contribution in [0.15, 0.2) is 54.9 Å². The Balaban J connectivity index is 1.82. The molecule has 5 nitrogen and oxygen atoms in total. The van der Waals surface area contributed by atoms with Crippen LogP contribution in [0.4, 0.5) is 5.69 Å². The van der Waals surface area contributed by atoms with Gasteiger partial charge in [-0.15, -0.1) is 0 Å². The topological polar surface area (TPSA) is 52.0 Å². The van der Waals surface area contributed by atoms with Crippen molar-refractivity contribution in [2.75, 3.05) is 5.09 Å². The molecule has 0 aliphatic rings. The number of aromatic nitrogens is 3. The van der Waals surface area contributed by atoms with E-state index in [1.807, 2.05) is 55.7 Å². The summed E-state index contributed by atoms with van der Waals surface area (Å²) in [5.74, 6) is 1.51. The normalized spacial score (nSPS) is 10.4. The summed E-state index contributed by atoms with van der Waals surface area (Å²) in [5, 5.41) is 7.33. The molecule has 6 heteroatoms. The first-order chi connectivity index (χ1) is 10.2. The van der Waals surface area contributed by atoms with Crippen molar-refractivity contribution in [2.24, 2.45) is 7.05 Å². The van der Waals surface area contributed by atoms with Crippen molar-refractivity contribution in [1.29, 1.82) is 0 Å². The monoisotopic (exact) mass is 298 g/mol. The maximum absolute atomic E-state index is 5.84. The van der Waals surface area contributed by atoms with E-state index in [1.165, 1.54) is 0 Å². The highest BCUT2D eigenvalue weighted by Gasteiger charge is 2.05. The second kappa shape index (κ2) is 5.94. The van der Waals surface area contributed by atoms with Crippen molar-refractivity contribution in [1.82, 2.24) is 14.8 Å². The Kier molecular flexibility index (Phi) is 3.84. The molecule has 0 bridgehead atoms. The zero-order chi connectivity index (χ0) is 14.7. The van der Waals surface area contributed by atoms with Gasteiger partial charge in [0.05, 0.1) is 5.69 Å². The number of nitrogens with zero attached hydrogens (tertiary/aromatic N) is 3. The molecule has 0 saturated heterocycles. The first-order valence-corrected chi connectivity index (χ1v) is 7.03. The van der Waals surface area contributed by atoms with E-state index in [0.717, 1.165) is 28.6 Å². The Labute approximate surface area is 125 Å². The van der Waals surface area contributed by atoms with Crippen molar-refractivity contribution in [3.8, 4) is 22.9 Å². The maximum Gasteiger partial charge on any atom is 0.131 e. The van der Waals surface area contributed by atoms with Gasteiger partial charge < -0.3 is 9.82 Å². The predicted octanol–water partition coefficient (Wildman–Crippen LogP) is 3.48. The standard InChI is InChI=1S/C15H15N4OP/c1-19-9-7-14(17-19)15-10-13(6-8-16-15)20-12-4-2-11(18-21)3-5-12/h2-10,18H,21H2,1H3. The summed E-state index contributed by atoms with van der Waals surface area (Å²) in [5.41, 5.74) is 2.62. The first-order valence-electron chi connectivity index (χ1n) is 6.45. The van der Waals surface area contributed by atoms with Crippen LogP contribution in [0.2, 0.25) is 0 Å². The second-order valence-electron chi connectivity index (χ2n) is 4.52. The lowest BCUT2D eigenvalue weighted by Crippen LogP contribution is -1.91. The summed E-state index contributed by atoms with van der Waals surface area (Å²) >= 11 is 0. The van der Waals surface area contributed by atoms with Crippen molar-refractivity contribution in [3.63, 3.8) is 0 Å². The van der Waals surface area contributed by atoms with Crippen LogP contribution in [0.3, 0.4) is 0 Å². The van der Waals surface area contributed by atoms with E-state index in [9.17, 15) is 0 Å². The zero-order valence-electron chi connectivity index (χ0n) is 11.5. The molecule has 3 rings (SSSR count). The van der Waals surface area contributed by atoms with Crippen molar-refractivity contribution >= 4 is 15.1 Å². The Morgan fingerprint density at radius 3 is 2.52 bits per heavy atom. The molecule has 21 heavy (non-hydrogen) atoms. The molecular formula is C15H15N4OP. The third-order valence-corrected chi connectivity index (χ3v) is 3.30. The summed E-state index contributed by atoms with van der Waals surface area (Å²) in [7, 11) is 4.34. The number of nitrogens with one attached hydrogen (secondary N) is 1. The predicted molar refractivity (Wildman–Crippen MR) is 86.3 cm³/mol. The van der Waals surface area contributed by atoms with E-state index in [0.29, 0.717) is 0 Å². The Morgan fingerprint density at radius 1 is 1.05 bits per heavy atom. The van der Waals surface area contributed by atoms with Gasteiger partial charge in [0, 0.05) is 31.2 Å². The molecule has 1 N–H and O–H groups in total. The number of hydrogen-bond acceptors (Lipinski definition) is 4. The van der Waals surface area contributed by atoms with Gasteiger partial charge in [0.2, 0.25) is 0 Å². The SMILES string of the molecule is Cn1ccc(-c2cc(Oc3ccc(NP)cc3)ccn2)n1. The molecule has 2 aromatic heterocycles. The van der Waals surface area contributed by atoms with Gasteiger partial charge in [0.1, 0.15) is 17.2 Å². The smallest absolute Gasteiger partial charge is 0.131 e. The van der Waals surface area contributed by atoms with Gasteiger partial charge in [-0.3, -0.25) is 9.67 Å². The fraction of sp³-hybridized carbons (Fsp3) is 0.0667. The van der Waals surface area contributed by atoms with Crippen molar-refractivity contribution < 1.29 is 4.74 Å². The van der Waals surface area contributed by atoms with Gasteiger partial charge in [0.15, 0.2) is 0 Å². The summed E-state index contributed by atoms with van der Waals surface area (Å²) in [6, 6.07) is 13.3. The van der Waals surface area contributed by atoms with E-state index in [2.05, 4.69) is 24.6 Å². The van der Waals surface area contributed by atoms with E-state index < -0.39 is 0 Å². The fourth-order valence-electron chi connectivity index (χ4n) is 1.92. The number of pyridine rings is 1. The molecular weight excluding hydrogens is 283 g/mol. The van der Waals surface area contributed by atoms with E-state index in [-0.39, 0.29) is 0 Å². The molecule has 0 aliphatic carbocycles. The molecule has 3 aromatic rings. The molecule has 0 fully saturated rings. The number of ether oxygens (including phenoxy) is 1.